The van der Waals surface area contributed by atoms with E-state index in [-0.39, 0.29) is 11.8 Å². The van der Waals surface area contributed by atoms with Gasteiger partial charge in [-0.3, -0.25) is 14.5 Å². The van der Waals surface area contributed by atoms with E-state index in [1.807, 2.05) is 19.1 Å². The van der Waals surface area contributed by atoms with E-state index in [0.29, 0.717) is 27.8 Å². The molecule has 1 aromatic heterocycles. The third-order valence-electron chi connectivity index (χ3n) is 4.02. The second-order valence-corrected chi connectivity index (χ2v) is 7.01. The zero-order chi connectivity index (χ0) is 20.8. The van der Waals surface area contributed by atoms with Crippen molar-refractivity contribution in [2.45, 2.75) is 13.8 Å². The lowest BCUT2D eigenvalue weighted by Crippen LogP contribution is -2.22. The van der Waals surface area contributed by atoms with E-state index in [2.05, 4.69) is 15.5 Å². The first-order valence-corrected chi connectivity index (χ1v) is 9.66. The van der Waals surface area contributed by atoms with Crippen LogP contribution in [-0.4, -0.2) is 30.1 Å². The Hall–Kier alpha value is -3.52. The molecule has 7 nitrogen and oxygen atoms in total. The number of benzene rings is 2. The normalized spacial score (nSPS) is 10.7. The highest BCUT2D eigenvalue weighted by Gasteiger charge is 2.17. The third kappa shape index (κ3) is 5.05. The van der Waals surface area contributed by atoms with Gasteiger partial charge in [-0.15, -0.1) is 11.3 Å². The van der Waals surface area contributed by atoms with Gasteiger partial charge in [0, 0.05) is 17.9 Å². The number of anilines is 2. The summed E-state index contributed by atoms with van der Waals surface area (Å²) in [4.78, 5) is 30.2. The average Bonchev–Trinajstić information content (AvgIpc) is 3.17. The van der Waals surface area contributed by atoms with E-state index in [1.165, 1.54) is 29.4 Å². The highest BCUT2D eigenvalue weighted by atomic mass is 32.1. The maximum absolute atomic E-state index is 12.2. The van der Waals surface area contributed by atoms with E-state index >= 15 is 0 Å². The molecule has 2 aromatic carbocycles. The Labute approximate surface area is 172 Å². The minimum Gasteiger partial charge on any atom is -0.497 e. The summed E-state index contributed by atoms with van der Waals surface area (Å²) in [6, 6.07) is 14.3. The molecule has 0 radical (unpaired) electrons. The molecule has 0 spiro atoms. The van der Waals surface area contributed by atoms with Crippen molar-refractivity contribution in [1.82, 2.24) is 10.4 Å². The second kappa shape index (κ2) is 9.11. The van der Waals surface area contributed by atoms with E-state index < -0.39 is 0 Å². The van der Waals surface area contributed by atoms with Gasteiger partial charge in [-0.2, -0.15) is 5.10 Å². The van der Waals surface area contributed by atoms with Crippen LogP contribution in [0.2, 0.25) is 0 Å². The Bertz CT molecular complexity index is 1030. The molecule has 1 N–H and O–H groups in total. The molecular formula is C21H20N4O3S. The van der Waals surface area contributed by atoms with Gasteiger partial charge >= 0.3 is 0 Å². The van der Waals surface area contributed by atoms with Crippen LogP contribution in [0.1, 0.15) is 28.5 Å². The number of aryl methyl sites for hydroxylation is 1. The van der Waals surface area contributed by atoms with Gasteiger partial charge in [-0.1, -0.05) is 17.7 Å². The molecular weight excluding hydrogens is 388 g/mol. The Kier molecular flexibility index (Phi) is 6.36. The van der Waals surface area contributed by atoms with Gasteiger partial charge < -0.3 is 4.74 Å². The molecule has 8 heteroatoms. The molecule has 2 amide bonds. The summed E-state index contributed by atoms with van der Waals surface area (Å²) in [6.45, 7) is 3.43. The first kappa shape index (κ1) is 20.2. The van der Waals surface area contributed by atoms with Gasteiger partial charge in [0.1, 0.15) is 5.75 Å². The maximum Gasteiger partial charge on any atom is 0.271 e. The molecule has 148 valence electrons. The molecule has 0 saturated carbocycles. The number of nitrogens with one attached hydrogen (secondary N) is 1. The minimum absolute atomic E-state index is 0.166. The number of carbonyl (C=O) groups is 2. The number of hydrazone groups is 1. The number of hydrogen-bond donors (Lipinski definition) is 1. The van der Waals surface area contributed by atoms with E-state index in [9.17, 15) is 9.59 Å². The smallest absolute Gasteiger partial charge is 0.271 e. The first-order valence-electron chi connectivity index (χ1n) is 8.78. The number of thiazole rings is 1. The summed E-state index contributed by atoms with van der Waals surface area (Å²) >= 11 is 1.31. The molecule has 1 heterocycles. The third-order valence-corrected chi connectivity index (χ3v) is 4.87. The van der Waals surface area contributed by atoms with E-state index in [0.717, 1.165) is 5.56 Å². The van der Waals surface area contributed by atoms with E-state index in [1.54, 1.807) is 48.9 Å². The molecule has 0 aliphatic rings. The summed E-state index contributed by atoms with van der Waals surface area (Å²) in [6.07, 6.45) is 1.44. The molecule has 3 rings (SSSR count). The molecule has 0 fully saturated rings. The van der Waals surface area contributed by atoms with Crippen molar-refractivity contribution in [1.29, 1.82) is 0 Å². The van der Waals surface area contributed by atoms with Crippen molar-refractivity contribution in [3.8, 4) is 5.75 Å². The number of carbonyl (C=O) groups excluding carboxylic acids is 2. The molecule has 3 aromatic rings. The first-order chi connectivity index (χ1) is 14.0. The number of methoxy groups -OCH3 is 1. The number of rotatable bonds is 6. The SMILES string of the molecule is COc1ccc(N(C(C)=O)c2nc(/C=N\NC(=O)c3ccc(C)cc3)cs2)cc1. The lowest BCUT2D eigenvalue weighted by Gasteiger charge is -2.18. The van der Waals surface area contributed by atoms with Crippen LogP contribution >= 0.6 is 11.3 Å². The van der Waals surface area contributed by atoms with Crippen LogP contribution < -0.4 is 15.1 Å². The highest BCUT2D eigenvalue weighted by molar-refractivity contribution is 7.14. The second-order valence-electron chi connectivity index (χ2n) is 6.17. The highest BCUT2D eigenvalue weighted by Crippen LogP contribution is 2.29. The number of aromatic nitrogens is 1. The number of ether oxygens (including phenoxy) is 1. The molecule has 0 aliphatic carbocycles. The lowest BCUT2D eigenvalue weighted by atomic mass is 10.1. The Morgan fingerprint density at radius 2 is 1.83 bits per heavy atom. The van der Waals surface area contributed by atoms with Crippen LogP contribution in [0.4, 0.5) is 10.8 Å². The monoisotopic (exact) mass is 408 g/mol. The lowest BCUT2D eigenvalue weighted by molar-refractivity contribution is -0.115. The standard InChI is InChI=1S/C21H20N4O3S/c1-14-4-6-16(7-5-14)20(27)24-22-12-17-13-29-21(23-17)25(15(2)26)18-8-10-19(28-3)11-9-18/h4-13H,1-3H3,(H,24,27)/b22-12-. The summed E-state index contributed by atoms with van der Waals surface area (Å²) in [7, 11) is 1.59. The summed E-state index contributed by atoms with van der Waals surface area (Å²) in [5.41, 5.74) is 5.29. The van der Waals surface area contributed by atoms with Gasteiger partial charge in [-0.25, -0.2) is 10.4 Å². The fourth-order valence-electron chi connectivity index (χ4n) is 2.52. The van der Waals surface area contributed by atoms with Crippen molar-refractivity contribution in [3.63, 3.8) is 0 Å². The van der Waals surface area contributed by atoms with Crippen molar-refractivity contribution >= 4 is 40.2 Å². The van der Waals surface area contributed by atoms with Crippen LogP contribution in [0.5, 0.6) is 5.75 Å². The molecule has 0 aliphatic heterocycles. The van der Waals surface area contributed by atoms with Crippen molar-refractivity contribution in [2.75, 3.05) is 12.0 Å². The molecule has 0 atom stereocenters. The van der Waals surface area contributed by atoms with Crippen molar-refractivity contribution < 1.29 is 14.3 Å². The molecule has 29 heavy (non-hydrogen) atoms. The van der Waals surface area contributed by atoms with Gasteiger partial charge in [0.25, 0.3) is 5.91 Å². The maximum atomic E-state index is 12.2. The Morgan fingerprint density at radius 3 is 2.45 bits per heavy atom. The van der Waals surface area contributed by atoms with Gasteiger partial charge in [0.2, 0.25) is 5.91 Å². The fraction of sp³-hybridized carbons (Fsp3) is 0.143. The molecule has 0 bridgehead atoms. The van der Waals surface area contributed by atoms with Crippen molar-refractivity contribution in [2.24, 2.45) is 5.10 Å². The quantitative estimate of drug-likeness (QED) is 0.495. The van der Waals surface area contributed by atoms with E-state index in [4.69, 9.17) is 4.74 Å². The summed E-state index contributed by atoms with van der Waals surface area (Å²) in [5.74, 6) is 0.231. The van der Waals surface area contributed by atoms with Gasteiger partial charge in [0.05, 0.1) is 24.7 Å². The van der Waals surface area contributed by atoms with Crippen LogP contribution in [0.25, 0.3) is 0 Å². The topological polar surface area (TPSA) is 83.9 Å². The van der Waals surface area contributed by atoms with Crippen LogP contribution in [0.3, 0.4) is 0 Å². The predicted molar refractivity (Wildman–Crippen MR) is 114 cm³/mol. The Balaban J connectivity index is 1.70. The predicted octanol–water partition coefficient (Wildman–Crippen LogP) is 3.91. The average molecular weight is 408 g/mol. The van der Waals surface area contributed by atoms with Crippen LogP contribution in [0, 0.1) is 6.92 Å². The van der Waals surface area contributed by atoms with Crippen molar-refractivity contribution in [3.05, 3.63) is 70.7 Å². The molecule has 0 unspecified atom stereocenters. The molecule has 0 saturated heterocycles. The summed E-state index contributed by atoms with van der Waals surface area (Å²) < 4.78 is 5.15. The number of nitrogens with zero attached hydrogens (tertiary/aromatic N) is 3. The van der Waals surface area contributed by atoms with Gasteiger partial charge in [-0.05, 0) is 43.3 Å². The Morgan fingerprint density at radius 1 is 1.14 bits per heavy atom. The van der Waals surface area contributed by atoms with Crippen LogP contribution in [0.15, 0.2) is 59.0 Å². The number of hydrogen-bond acceptors (Lipinski definition) is 6. The largest absolute Gasteiger partial charge is 0.497 e. The van der Waals surface area contributed by atoms with Gasteiger partial charge in [0.15, 0.2) is 5.13 Å². The minimum atomic E-state index is -0.305. The van der Waals surface area contributed by atoms with Crippen LogP contribution in [-0.2, 0) is 4.79 Å². The summed E-state index contributed by atoms with van der Waals surface area (Å²) in [5, 5.41) is 6.22. The number of amides is 2. The zero-order valence-electron chi connectivity index (χ0n) is 16.2. The fourth-order valence-corrected chi connectivity index (χ4v) is 3.36. The zero-order valence-corrected chi connectivity index (χ0v) is 17.1.